The zero-order valence-electron chi connectivity index (χ0n) is 22.6. The Labute approximate surface area is 207 Å². The Morgan fingerprint density at radius 1 is 0.818 bits per heavy atom. The molecule has 0 fully saturated rings. The van der Waals surface area contributed by atoms with Crippen LogP contribution in [0.25, 0.3) is 0 Å². The molecular weight excluding hydrogens is 428 g/mol. The SMILES string of the molecule is CCCCCCCCCCCCS(CC(C)(C)Cc1cc(C)c(O)c(C(C)(C)C)c1)=C(O)O. The lowest BCUT2D eigenvalue weighted by Crippen LogP contribution is -2.22. The van der Waals surface area contributed by atoms with E-state index in [1.165, 1.54) is 63.4 Å². The highest BCUT2D eigenvalue weighted by Gasteiger charge is 2.25. The Morgan fingerprint density at radius 3 is 1.82 bits per heavy atom. The molecule has 1 unspecified atom stereocenters. The standard InChI is InChI=1S/C29H52O3S/c1-8-9-10-11-12-13-14-15-16-17-18-33(27(31)32)22-29(6,7)21-24-19-23(2)26(30)25(20-24)28(3,4)5/h19-20,30-32H,8-18,21-22H2,1-7H3. The van der Waals surface area contributed by atoms with Crippen molar-refractivity contribution < 1.29 is 15.3 Å². The zero-order chi connectivity index (χ0) is 25.1. The molecule has 0 spiro atoms. The second-order valence-corrected chi connectivity index (χ2v) is 13.8. The van der Waals surface area contributed by atoms with Gasteiger partial charge in [0.2, 0.25) is 5.24 Å². The molecule has 1 rings (SSSR count). The Bertz CT molecular complexity index is 740. The third-order valence-corrected chi connectivity index (χ3v) is 8.85. The zero-order valence-corrected chi connectivity index (χ0v) is 23.4. The molecule has 0 radical (unpaired) electrons. The van der Waals surface area contributed by atoms with Gasteiger partial charge in [0.25, 0.3) is 0 Å². The van der Waals surface area contributed by atoms with Crippen molar-refractivity contribution in [2.75, 3.05) is 11.5 Å². The second-order valence-electron chi connectivity index (χ2n) is 11.7. The van der Waals surface area contributed by atoms with Crippen molar-refractivity contribution in [1.82, 2.24) is 0 Å². The van der Waals surface area contributed by atoms with Crippen molar-refractivity contribution >= 4 is 15.7 Å². The lowest BCUT2D eigenvalue weighted by Gasteiger charge is -2.29. The molecule has 0 aromatic heterocycles. The molecule has 0 aliphatic carbocycles. The maximum atomic E-state index is 10.5. The summed E-state index contributed by atoms with van der Waals surface area (Å²) in [5.41, 5.74) is 2.92. The monoisotopic (exact) mass is 480 g/mol. The molecule has 1 atom stereocenters. The van der Waals surface area contributed by atoms with Crippen molar-refractivity contribution in [3.63, 3.8) is 0 Å². The molecule has 3 nitrogen and oxygen atoms in total. The average Bonchev–Trinajstić information content (AvgIpc) is 2.69. The van der Waals surface area contributed by atoms with Crippen molar-refractivity contribution in [2.45, 2.75) is 125 Å². The summed E-state index contributed by atoms with van der Waals surface area (Å²) >= 11 is 0. The number of rotatable bonds is 15. The number of aliphatic hydroxyl groups is 2. The van der Waals surface area contributed by atoms with Gasteiger partial charge >= 0.3 is 0 Å². The molecule has 0 heterocycles. The number of aromatic hydroxyl groups is 1. The van der Waals surface area contributed by atoms with Crippen LogP contribution in [0, 0.1) is 12.3 Å². The lowest BCUT2D eigenvalue weighted by molar-refractivity contribution is 0.382. The number of unbranched alkanes of at least 4 members (excludes halogenated alkanes) is 9. The van der Waals surface area contributed by atoms with Gasteiger partial charge in [-0.3, -0.25) is 0 Å². The van der Waals surface area contributed by atoms with E-state index in [1.54, 1.807) is 0 Å². The van der Waals surface area contributed by atoms with E-state index in [1.807, 2.05) is 6.92 Å². The molecule has 4 heteroatoms. The van der Waals surface area contributed by atoms with E-state index < -0.39 is 10.5 Å². The summed E-state index contributed by atoms with van der Waals surface area (Å²) in [6.45, 7) is 15.0. The number of phenols is 1. The molecule has 33 heavy (non-hydrogen) atoms. The van der Waals surface area contributed by atoms with Gasteiger partial charge in [0, 0.05) is 0 Å². The van der Waals surface area contributed by atoms with Gasteiger partial charge in [0.05, 0.1) is 0 Å². The van der Waals surface area contributed by atoms with Crippen LogP contribution in [0.15, 0.2) is 12.1 Å². The summed E-state index contributed by atoms with van der Waals surface area (Å²) in [4.78, 5) is 0. The molecule has 0 saturated carbocycles. The van der Waals surface area contributed by atoms with Crippen LogP contribution in [0.3, 0.4) is 0 Å². The number of aryl methyl sites for hydroxylation is 1. The van der Waals surface area contributed by atoms with Gasteiger partial charge in [-0.15, -0.1) is 10.5 Å². The summed E-state index contributed by atoms with van der Waals surface area (Å²) in [6.07, 6.45) is 13.8. The predicted octanol–water partition coefficient (Wildman–Crippen LogP) is 8.96. The number of hydrogen-bond donors (Lipinski definition) is 3. The maximum absolute atomic E-state index is 10.5. The van der Waals surface area contributed by atoms with Gasteiger partial charge in [0.1, 0.15) is 5.75 Å². The molecule has 3 N–H and O–H groups in total. The van der Waals surface area contributed by atoms with Gasteiger partial charge in [-0.1, -0.05) is 111 Å². The van der Waals surface area contributed by atoms with E-state index in [4.69, 9.17) is 0 Å². The summed E-state index contributed by atoms with van der Waals surface area (Å²) in [5, 5.41) is 30.1. The van der Waals surface area contributed by atoms with Crippen LogP contribution < -0.4 is 0 Å². The topological polar surface area (TPSA) is 60.7 Å². The molecule has 0 bridgehead atoms. The van der Waals surface area contributed by atoms with Crippen LogP contribution in [0.5, 0.6) is 5.75 Å². The van der Waals surface area contributed by atoms with Gasteiger partial charge in [-0.05, 0) is 58.8 Å². The van der Waals surface area contributed by atoms with Crippen molar-refractivity contribution in [3.8, 4) is 5.75 Å². The van der Waals surface area contributed by atoms with Crippen LogP contribution in [-0.2, 0) is 11.8 Å². The Morgan fingerprint density at radius 2 is 1.33 bits per heavy atom. The fourth-order valence-electron chi connectivity index (χ4n) is 4.60. The number of hydrogen-bond acceptors (Lipinski definition) is 1. The van der Waals surface area contributed by atoms with Crippen LogP contribution in [0.1, 0.15) is 122 Å². The first-order chi connectivity index (χ1) is 15.4. The van der Waals surface area contributed by atoms with E-state index in [0.29, 0.717) is 5.75 Å². The van der Waals surface area contributed by atoms with Gasteiger partial charge in [-0.25, -0.2) is 0 Å². The first kappa shape index (κ1) is 30.2. The average molecular weight is 481 g/mol. The predicted molar refractivity (Wildman–Crippen MR) is 148 cm³/mol. The maximum Gasteiger partial charge on any atom is 0.205 e. The summed E-state index contributed by atoms with van der Waals surface area (Å²) in [7, 11) is -0.486. The highest BCUT2D eigenvalue weighted by molar-refractivity contribution is 8.15. The second kappa shape index (κ2) is 14.5. The Balaban J connectivity index is 2.58. The molecule has 0 amide bonds. The van der Waals surface area contributed by atoms with Crippen LogP contribution in [-0.4, -0.2) is 32.1 Å². The van der Waals surface area contributed by atoms with Gasteiger partial charge < -0.3 is 15.3 Å². The quantitative estimate of drug-likeness (QED) is 0.173. The molecule has 0 aliphatic heterocycles. The van der Waals surface area contributed by atoms with E-state index in [0.717, 1.165) is 35.5 Å². The fraction of sp³-hybridized carbons (Fsp3) is 0.759. The molecular formula is C29H52O3S. The lowest BCUT2D eigenvalue weighted by atomic mass is 9.81. The van der Waals surface area contributed by atoms with Crippen LogP contribution >= 0.6 is 10.5 Å². The first-order valence-corrected chi connectivity index (χ1v) is 14.7. The minimum atomic E-state index is -0.486. The number of phenolic OH excluding ortho intramolecular Hbond substituents is 1. The van der Waals surface area contributed by atoms with Gasteiger partial charge in [0.15, 0.2) is 0 Å². The number of aliphatic hydroxyl groups excluding tert-OH is 1. The summed E-state index contributed by atoms with van der Waals surface area (Å²) in [6, 6.07) is 4.21. The van der Waals surface area contributed by atoms with E-state index in [9.17, 15) is 15.3 Å². The Hall–Kier alpha value is -0.840. The fourth-order valence-corrected chi connectivity index (χ4v) is 6.65. The van der Waals surface area contributed by atoms with Crippen molar-refractivity contribution in [2.24, 2.45) is 5.41 Å². The first-order valence-electron chi connectivity index (χ1n) is 13.1. The molecule has 0 aliphatic rings. The summed E-state index contributed by atoms with van der Waals surface area (Å²) < 4.78 is 0. The van der Waals surface area contributed by atoms with Crippen molar-refractivity contribution in [3.05, 3.63) is 28.8 Å². The Kier molecular flexibility index (Phi) is 13.3. The molecule has 1 aromatic carbocycles. The van der Waals surface area contributed by atoms with E-state index >= 15 is 0 Å². The van der Waals surface area contributed by atoms with Crippen LogP contribution in [0.4, 0.5) is 0 Å². The van der Waals surface area contributed by atoms with E-state index in [2.05, 4.69) is 53.7 Å². The third kappa shape index (κ3) is 11.9. The number of benzene rings is 1. The minimum absolute atomic E-state index is 0.0587. The normalized spacial score (nSPS) is 13.4. The molecule has 0 saturated heterocycles. The van der Waals surface area contributed by atoms with Gasteiger partial charge in [-0.2, -0.15) is 0 Å². The molecule has 192 valence electrons. The largest absolute Gasteiger partial charge is 0.507 e. The molecule has 1 aromatic rings. The highest BCUT2D eigenvalue weighted by atomic mass is 32.2. The summed E-state index contributed by atoms with van der Waals surface area (Å²) in [5.74, 6) is 2.04. The van der Waals surface area contributed by atoms with E-state index in [-0.39, 0.29) is 16.1 Å². The third-order valence-electron chi connectivity index (χ3n) is 6.42. The van der Waals surface area contributed by atoms with Crippen LogP contribution in [0.2, 0.25) is 0 Å². The minimum Gasteiger partial charge on any atom is -0.507 e. The smallest absolute Gasteiger partial charge is 0.205 e. The highest BCUT2D eigenvalue weighted by Crippen LogP contribution is 2.37. The van der Waals surface area contributed by atoms with Crippen molar-refractivity contribution in [1.29, 1.82) is 0 Å².